The molecule has 1 aromatic rings. The maximum absolute atomic E-state index is 11.9. The normalized spacial score (nSPS) is 37.3. The zero-order valence-corrected chi connectivity index (χ0v) is 14.3. The third kappa shape index (κ3) is 2.05. The standard InChI is InChI=1S/C18H20ClNO3/c1-17-6-7-18(2,23-17)14-10-20(9-13(14)17)11-4-5-15(19)12(8-11)16(21)22-3/h4-8,13-14H,9-10H2,1-3H3. The van der Waals surface area contributed by atoms with Crippen molar-refractivity contribution in [2.75, 3.05) is 25.1 Å². The molecule has 122 valence electrons. The molecule has 23 heavy (non-hydrogen) atoms. The van der Waals surface area contributed by atoms with Crippen molar-refractivity contribution in [3.05, 3.63) is 40.9 Å². The van der Waals surface area contributed by atoms with Gasteiger partial charge in [-0.05, 0) is 32.0 Å². The van der Waals surface area contributed by atoms with E-state index in [1.165, 1.54) is 7.11 Å². The monoisotopic (exact) mass is 333 g/mol. The van der Waals surface area contributed by atoms with Crippen LogP contribution in [-0.2, 0) is 9.47 Å². The van der Waals surface area contributed by atoms with Gasteiger partial charge in [-0.15, -0.1) is 0 Å². The number of anilines is 1. The summed E-state index contributed by atoms with van der Waals surface area (Å²) in [5.74, 6) is 0.532. The molecule has 3 aliphatic rings. The largest absolute Gasteiger partial charge is 0.465 e. The third-order valence-electron chi connectivity index (χ3n) is 5.70. The van der Waals surface area contributed by atoms with Gasteiger partial charge in [-0.25, -0.2) is 4.79 Å². The van der Waals surface area contributed by atoms with Crippen molar-refractivity contribution in [3.8, 4) is 0 Å². The molecule has 3 aliphatic heterocycles. The van der Waals surface area contributed by atoms with Crippen LogP contribution < -0.4 is 4.90 Å². The first kappa shape index (κ1) is 15.0. The quantitative estimate of drug-likeness (QED) is 0.615. The van der Waals surface area contributed by atoms with Gasteiger partial charge in [0.2, 0.25) is 0 Å². The highest BCUT2D eigenvalue weighted by Gasteiger charge is 2.62. The fourth-order valence-corrected chi connectivity index (χ4v) is 4.62. The second-order valence-corrected chi connectivity index (χ2v) is 7.48. The smallest absolute Gasteiger partial charge is 0.339 e. The maximum atomic E-state index is 11.9. The van der Waals surface area contributed by atoms with Crippen LogP contribution in [0.2, 0.25) is 5.02 Å². The third-order valence-corrected chi connectivity index (χ3v) is 6.03. The molecular formula is C18H20ClNO3. The second-order valence-electron chi connectivity index (χ2n) is 7.08. The van der Waals surface area contributed by atoms with E-state index >= 15 is 0 Å². The van der Waals surface area contributed by atoms with Gasteiger partial charge in [-0.3, -0.25) is 0 Å². The molecule has 4 nitrogen and oxygen atoms in total. The van der Waals surface area contributed by atoms with Crippen LogP contribution in [0.3, 0.4) is 0 Å². The van der Waals surface area contributed by atoms with Gasteiger partial charge in [0, 0.05) is 30.6 Å². The number of ether oxygens (including phenoxy) is 2. The van der Waals surface area contributed by atoms with Gasteiger partial charge < -0.3 is 14.4 Å². The Kier molecular flexibility index (Phi) is 3.10. The Morgan fingerprint density at radius 3 is 2.43 bits per heavy atom. The fourth-order valence-electron chi connectivity index (χ4n) is 4.42. The van der Waals surface area contributed by atoms with Gasteiger partial charge in [-0.2, -0.15) is 0 Å². The van der Waals surface area contributed by atoms with Crippen LogP contribution in [0.1, 0.15) is 24.2 Å². The molecule has 0 N–H and O–H groups in total. The van der Waals surface area contributed by atoms with Crippen LogP contribution in [-0.4, -0.2) is 37.4 Å². The summed E-state index contributed by atoms with van der Waals surface area (Å²) in [5, 5.41) is 0.420. The molecule has 5 heteroatoms. The Bertz CT molecular complexity index is 692. The van der Waals surface area contributed by atoms with Crippen LogP contribution >= 0.6 is 11.6 Å². The summed E-state index contributed by atoms with van der Waals surface area (Å²) in [5.41, 5.74) is 1.08. The number of halogens is 1. The van der Waals surface area contributed by atoms with E-state index in [-0.39, 0.29) is 11.2 Å². The van der Waals surface area contributed by atoms with Crippen molar-refractivity contribution in [2.24, 2.45) is 11.8 Å². The van der Waals surface area contributed by atoms with E-state index in [0.29, 0.717) is 22.4 Å². The SMILES string of the molecule is COC(=O)c1cc(N2CC3C(C2)C2(C)C=CC3(C)O2)ccc1Cl. The van der Waals surface area contributed by atoms with Gasteiger partial charge in [0.05, 0.1) is 28.9 Å². The van der Waals surface area contributed by atoms with Crippen LogP contribution in [0.15, 0.2) is 30.4 Å². The van der Waals surface area contributed by atoms with E-state index in [4.69, 9.17) is 21.1 Å². The summed E-state index contributed by atoms with van der Waals surface area (Å²) >= 11 is 6.12. The minimum atomic E-state index is -0.403. The van der Waals surface area contributed by atoms with Crippen molar-refractivity contribution in [1.29, 1.82) is 0 Å². The number of benzene rings is 1. The summed E-state index contributed by atoms with van der Waals surface area (Å²) < 4.78 is 11.1. The van der Waals surface area contributed by atoms with Crippen molar-refractivity contribution in [3.63, 3.8) is 0 Å². The van der Waals surface area contributed by atoms with Crippen LogP contribution in [0.25, 0.3) is 0 Å². The van der Waals surface area contributed by atoms with Crippen molar-refractivity contribution >= 4 is 23.3 Å². The lowest BCUT2D eigenvalue weighted by Crippen LogP contribution is -2.33. The molecule has 0 saturated carbocycles. The highest BCUT2D eigenvalue weighted by molar-refractivity contribution is 6.33. The number of rotatable bonds is 2. The molecule has 4 unspecified atom stereocenters. The molecule has 3 heterocycles. The van der Waals surface area contributed by atoms with Crippen molar-refractivity contribution in [2.45, 2.75) is 25.0 Å². The Morgan fingerprint density at radius 1 is 1.26 bits per heavy atom. The highest BCUT2D eigenvalue weighted by Crippen LogP contribution is 2.56. The van der Waals surface area contributed by atoms with Gasteiger partial charge in [0.25, 0.3) is 0 Å². The second kappa shape index (κ2) is 4.74. The minimum absolute atomic E-state index is 0.175. The minimum Gasteiger partial charge on any atom is -0.465 e. The molecule has 0 radical (unpaired) electrons. The van der Waals surface area contributed by atoms with E-state index in [2.05, 4.69) is 30.9 Å². The van der Waals surface area contributed by atoms with E-state index < -0.39 is 5.97 Å². The number of methoxy groups -OCH3 is 1. The lowest BCUT2D eigenvalue weighted by atomic mass is 9.74. The summed E-state index contributed by atoms with van der Waals surface area (Å²) in [4.78, 5) is 14.2. The summed E-state index contributed by atoms with van der Waals surface area (Å²) in [6.45, 7) is 6.18. The molecule has 0 amide bonds. The zero-order valence-electron chi connectivity index (χ0n) is 13.5. The van der Waals surface area contributed by atoms with E-state index in [1.807, 2.05) is 12.1 Å². The predicted molar refractivity (Wildman–Crippen MR) is 89.0 cm³/mol. The molecule has 0 spiro atoms. The zero-order chi connectivity index (χ0) is 16.4. The number of esters is 1. The average molecular weight is 334 g/mol. The predicted octanol–water partition coefficient (Wildman–Crippen LogP) is 3.30. The Hall–Kier alpha value is -1.52. The summed E-state index contributed by atoms with van der Waals surface area (Å²) in [7, 11) is 1.37. The number of hydrogen-bond acceptors (Lipinski definition) is 4. The van der Waals surface area contributed by atoms with Gasteiger partial charge >= 0.3 is 5.97 Å². The molecule has 0 aliphatic carbocycles. The van der Waals surface area contributed by atoms with Crippen LogP contribution in [0.5, 0.6) is 0 Å². The first-order valence-electron chi connectivity index (χ1n) is 7.90. The number of carbonyl (C=O) groups is 1. The summed E-state index contributed by atoms with van der Waals surface area (Å²) in [6, 6.07) is 5.57. The molecular weight excluding hydrogens is 314 g/mol. The Morgan fingerprint density at radius 2 is 1.87 bits per heavy atom. The Labute approximate surface area is 141 Å². The van der Waals surface area contributed by atoms with Crippen LogP contribution in [0.4, 0.5) is 5.69 Å². The van der Waals surface area contributed by atoms with E-state index in [0.717, 1.165) is 18.8 Å². The van der Waals surface area contributed by atoms with E-state index in [9.17, 15) is 4.79 Å². The van der Waals surface area contributed by atoms with Crippen molar-refractivity contribution in [1.82, 2.24) is 0 Å². The number of fused-ring (bicyclic) bond motifs is 5. The topological polar surface area (TPSA) is 38.8 Å². The number of hydrogen-bond donors (Lipinski definition) is 0. The number of carbonyl (C=O) groups excluding carboxylic acids is 1. The fraction of sp³-hybridized carbons (Fsp3) is 0.500. The first-order chi connectivity index (χ1) is 10.9. The van der Waals surface area contributed by atoms with E-state index in [1.54, 1.807) is 6.07 Å². The molecule has 4 rings (SSSR count). The van der Waals surface area contributed by atoms with Crippen molar-refractivity contribution < 1.29 is 14.3 Å². The first-order valence-corrected chi connectivity index (χ1v) is 8.27. The highest BCUT2D eigenvalue weighted by atomic mass is 35.5. The maximum Gasteiger partial charge on any atom is 0.339 e. The molecule has 1 aromatic carbocycles. The molecule has 2 saturated heterocycles. The summed E-state index contributed by atoms with van der Waals surface area (Å²) in [6.07, 6.45) is 4.42. The lowest BCUT2D eigenvalue weighted by Gasteiger charge is -2.27. The lowest BCUT2D eigenvalue weighted by molar-refractivity contribution is -0.0288. The molecule has 2 fully saturated rings. The number of nitrogens with zero attached hydrogens (tertiary/aromatic N) is 1. The molecule has 4 atom stereocenters. The molecule has 2 bridgehead atoms. The van der Waals surface area contributed by atoms with Crippen LogP contribution in [0, 0.1) is 11.8 Å². The van der Waals surface area contributed by atoms with Gasteiger partial charge in [-0.1, -0.05) is 23.8 Å². The average Bonchev–Trinajstić information content (AvgIpc) is 3.15. The van der Waals surface area contributed by atoms with Gasteiger partial charge in [0.15, 0.2) is 0 Å². The molecule has 0 aromatic heterocycles. The Balaban J connectivity index is 1.64. The van der Waals surface area contributed by atoms with Gasteiger partial charge in [0.1, 0.15) is 0 Å².